The number of hydrogen-bond donors (Lipinski definition) is 0. The summed E-state index contributed by atoms with van der Waals surface area (Å²) in [6, 6.07) is 1.20. The summed E-state index contributed by atoms with van der Waals surface area (Å²) >= 11 is 0. The lowest BCUT2D eigenvalue weighted by atomic mass is 9.89. The average molecular weight is 167 g/mol. The molecule has 1 fully saturated rings. The quantitative estimate of drug-likeness (QED) is 0.553. The third-order valence-electron chi connectivity index (χ3n) is 2.78. The van der Waals surface area contributed by atoms with Crippen molar-refractivity contribution in [1.29, 1.82) is 0 Å². The Morgan fingerprint density at radius 3 is 2.00 bits per heavy atom. The van der Waals surface area contributed by atoms with Gasteiger partial charge in [-0.05, 0) is 5.92 Å². The van der Waals surface area contributed by atoms with Gasteiger partial charge in [-0.3, -0.25) is 0 Å². The molecule has 0 nitrogen and oxygen atoms in total. The van der Waals surface area contributed by atoms with Gasteiger partial charge >= 0.3 is 0 Å². The van der Waals surface area contributed by atoms with E-state index in [1.165, 1.54) is 57.4 Å². The molecule has 0 heterocycles. The molecule has 3 radical (unpaired) electrons. The summed E-state index contributed by atoms with van der Waals surface area (Å²) in [6.07, 6.45) is 11.8. The summed E-state index contributed by atoms with van der Waals surface area (Å²) < 4.78 is 0. The van der Waals surface area contributed by atoms with Gasteiger partial charge in [0, 0.05) is 10.2 Å². The van der Waals surface area contributed by atoms with Crippen LogP contribution in [0.3, 0.4) is 0 Å². The fourth-order valence-corrected chi connectivity index (χ4v) is 2.44. The average Bonchev–Trinajstić information content (AvgIpc) is 1.94. The maximum atomic E-state index is 3.57. The first-order chi connectivity index (χ1) is 5.43. The Bertz CT molecular complexity index is 82.9. The summed E-state index contributed by atoms with van der Waals surface area (Å²) in [7, 11) is 3.57. The second kappa shape index (κ2) is 5.82. The third kappa shape index (κ3) is 3.95. The molecule has 1 rings (SSSR count). The molecule has 0 atom stereocenters. The van der Waals surface area contributed by atoms with E-state index < -0.39 is 0 Å². The molecule has 0 N–H and O–H groups in total. The molecule has 0 aromatic rings. The molecule has 11 heavy (non-hydrogen) atoms. The van der Waals surface area contributed by atoms with Gasteiger partial charge in [0.15, 0.2) is 0 Å². The molecule has 1 aliphatic carbocycles. The van der Waals surface area contributed by atoms with E-state index in [0.29, 0.717) is 0 Å². The Labute approximate surface area is 74.2 Å². The van der Waals surface area contributed by atoms with Crippen molar-refractivity contribution in [2.45, 2.75) is 57.4 Å². The molecular weight excluding hydrogens is 148 g/mol. The summed E-state index contributed by atoms with van der Waals surface area (Å²) in [5, 5.41) is 0. The van der Waals surface area contributed by atoms with E-state index in [0.717, 1.165) is 5.92 Å². The topological polar surface area (TPSA) is 0 Å². The van der Waals surface area contributed by atoms with Gasteiger partial charge in [0.2, 0.25) is 0 Å². The molecular formula is C10H19Si. The summed E-state index contributed by atoms with van der Waals surface area (Å²) in [5.74, 6) is 1.03. The highest BCUT2D eigenvalue weighted by atomic mass is 28.1. The summed E-state index contributed by atoms with van der Waals surface area (Å²) in [5.41, 5.74) is 0. The first-order valence-corrected chi connectivity index (χ1v) is 5.79. The molecule has 0 aromatic heterocycles. The van der Waals surface area contributed by atoms with Crippen molar-refractivity contribution in [2.75, 3.05) is 0 Å². The first-order valence-electron chi connectivity index (χ1n) is 5.08. The van der Waals surface area contributed by atoms with Crippen molar-refractivity contribution in [3.8, 4) is 0 Å². The second-order valence-corrected chi connectivity index (χ2v) is 4.25. The number of hydrogen-bond acceptors (Lipinski definition) is 0. The molecule has 1 saturated carbocycles. The Balaban J connectivity index is 2.15. The molecule has 1 aliphatic rings. The van der Waals surface area contributed by atoms with E-state index in [2.05, 4.69) is 10.2 Å². The standard InChI is InChI=1S/C10H19Si/c11-9-8-10-6-4-2-1-3-5-7-10/h10H,1-9H2. The molecule has 0 amide bonds. The van der Waals surface area contributed by atoms with Crippen molar-refractivity contribution in [3.63, 3.8) is 0 Å². The zero-order chi connectivity index (χ0) is 7.94. The van der Waals surface area contributed by atoms with Crippen LogP contribution < -0.4 is 0 Å². The van der Waals surface area contributed by atoms with Crippen molar-refractivity contribution >= 4 is 10.2 Å². The maximum absolute atomic E-state index is 3.57. The van der Waals surface area contributed by atoms with Crippen molar-refractivity contribution < 1.29 is 0 Å². The normalized spacial score (nSPS) is 22.6. The highest BCUT2D eigenvalue weighted by Gasteiger charge is 2.09. The van der Waals surface area contributed by atoms with Crippen LogP contribution >= 0.6 is 0 Å². The molecule has 0 aromatic carbocycles. The molecule has 0 aliphatic heterocycles. The summed E-state index contributed by atoms with van der Waals surface area (Å²) in [4.78, 5) is 0. The first kappa shape index (κ1) is 9.31. The van der Waals surface area contributed by atoms with E-state index in [9.17, 15) is 0 Å². The van der Waals surface area contributed by atoms with Crippen molar-refractivity contribution in [2.24, 2.45) is 5.92 Å². The van der Waals surface area contributed by atoms with Gasteiger partial charge in [0.05, 0.1) is 0 Å². The van der Waals surface area contributed by atoms with Gasteiger partial charge in [-0.2, -0.15) is 0 Å². The van der Waals surface area contributed by atoms with Crippen LogP contribution in [0.4, 0.5) is 0 Å². The Hall–Kier alpha value is 0.217. The van der Waals surface area contributed by atoms with Gasteiger partial charge in [-0.25, -0.2) is 0 Å². The lowest BCUT2D eigenvalue weighted by Gasteiger charge is -2.18. The monoisotopic (exact) mass is 167 g/mol. The fourth-order valence-electron chi connectivity index (χ4n) is 2.03. The van der Waals surface area contributed by atoms with Crippen LogP contribution in [-0.2, 0) is 0 Å². The van der Waals surface area contributed by atoms with Gasteiger partial charge in [-0.1, -0.05) is 57.4 Å². The largest absolute Gasteiger partial charge is 0.0635 e. The molecule has 1 heteroatoms. The lowest BCUT2D eigenvalue weighted by Crippen LogP contribution is -2.03. The van der Waals surface area contributed by atoms with Crippen LogP contribution in [0.25, 0.3) is 0 Å². The highest BCUT2D eigenvalue weighted by Crippen LogP contribution is 2.25. The zero-order valence-electron chi connectivity index (χ0n) is 7.44. The lowest BCUT2D eigenvalue weighted by molar-refractivity contribution is 0.369. The zero-order valence-corrected chi connectivity index (χ0v) is 8.44. The maximum Gasteiger partial charge on any atom is 0.0222 e. The van der Waals surface area contributed by atoms with Crippen LogP contribution in [0.15, 0.2) is 0 Å². The Morgan fingerprint density at radius 1 is 0.909 bits per heavy atom. The minimum absolute atomic E-state index is 1.03. The van der Waals surface area contributed by atoms with Gasteiger partial charge in [0.25, 0.3) is 0 Å². The van der Waals surface area contributed by atoms with Crippen LogP contribution in [0.5, 0.6) is 0 Å². The summed E-state index contributed by atoms with van der Waals surface area (Å²) in [6.45, 7) is 0. The minimum Gasteiger partial charge on any atom is -0.0635 e. The second-order valence-electron chi connectivity index (χ2n) is 3.75. The fraction of sp³-hybridized carbons (Fsp3) is 1.00. The van der Waals surface area contributed by atoms with E-state index in [4.69, 9.17) is 0 Å². The van der Waals surface area contributed by atoms with Crippen LogP contribution in [0.1, 0.15) is 51.4 Å². The SMILES string of the molecule is [Si]CCC1CCCCCCC1. The van der Waals surface area contributed by atoms with Gasteiger partial charge in [-0.15, -0.1) is 0 Å². The Morgan fingerprint density at radius 2 is 1.45 bits per heavy atom. The predicted molar refractivity (Wildman–Crippen MR) is 51.0 cm³/mol. The van der Waals surface area contributed by atoms with Crippen LogP contribution in [0, 0.1) is 5.92 Å². The van der Waals surface area contributed by atoms with E-state index in [1.807, 2.05) is 0 Å². The minimum atomic E-state index is 1.03. The predicted octanol–water partition coefficient (Wildman–Crippen LogP) is 3.32. The van der Waals surface area contributed by atoms with Gasteiger partial charge in [0.1, 0.15) is 0 Å². The van der Waals surface area contributed by atoms with E-state index in [1.54, 1.807) is 0 Å². The molecule has 63 valence electrons. The van der Waals surface area contributed by atoms with E-state index in [-0.39, 0.29) is 0 Å². The van der Waals surface area contributed by atoms with Crippen LogP contribution in [0.2, 0.25) is 6.04 Å². The van der Waals surface area contributed by atoms with Gasteiger partial charge < -0.3 is 0 Å². The molecule has 0 unspecified atom stereocenters. The van der Waals surface area contributed by atoms with Crippen molar-refractivity contribution in [1.82, 2.24) is 0 Å². The van der Waals surface area contributed by atoms with E-state index >= 15 is 0 Å². The third-order valence-corrected chi connectivity index (χ3v) is 3.07. The van der Waals surface area contributed by atoms with Crippen LogP contribution in [-0.4, -0.2) is 10.2 Å². The smallest absolute Gasteiger partial charge is 0.0222 e. The number of rotatable bonds is 2. The molecule has 0 saturated heterocycles. The Kier molecular flexibility index (Phi) is 4.92. The molecule has 0 bridgehead atoms. The molecule has 0 spiro atoms. The van der Waals surface area contributed by atoms with Crippen molar-refractivity contribution in [3.05, 3.63) is 0 Å². The highest BCUT2D eigenvalue weighted by molar-refractivity contribution is 6.08.